The van der Waals surface area contributed by atoms with Crippen LogP contribution in [0.5, 0.6) is 17.2 Å². The zero-order valence-corrected chi connectivity index (χ0v) is 15.4. The van der Waals surface area contributed by atoms with Crippen molar-refractivity contribution in [1.29, 1.82) is 0 Å². The number of carbonyl (C=O) groups excluding carboxylic acids is 2. The fourth-order valence-corrected chi connectivity index (χ4v) is 1.64. The molecule has 7 nitrogen and oxygen atoms in total. The van der Waals surface area contributed by atoms with Gasteiger partial charge in [-0.05, 0) is 37.3 Å². The van der Waals surface area contributed by atoms with Crippen LogP contribution in [0, 0.1) is 0 Å². The van der Waals surface area contributed by atoms with Crippen molar-refractivity contribution < 1.29 is 59.2 Å². The Morgan fingerprint density at radius 2 is 1.75 bits per heavy atom. The van der Waals surface area contributed by atoms with Gasteiger partial charge in [0, 0.05) is 5.56 Å². The first-order valence-corrected chi connectivity index (χ1v) is 6.61. The number of amides is 1. The topological polar surface area (TPSA) is 133 Å². The van der Waals surface area contributed by atoms with Gasteiger partial charge in [0.1, 0.15) is 17.2 Å². The van der Waals surface area contributed by atoms with Gasteiger partial charge in [-0.25, -0.2) is 0 Å². The van der Waals surface area contributed by atoms with Crippen LogP contribution in [-0.2, 0) is 0 Å². The summed E-state index contributed by atoms with van der Waals surface area (Å²) in [5.74, 6) is -2.06. The summed E-state index contributed by atoms with van der Waals surface area (Å²) in [6, 6.07) is 10.1. The van der Waals surface area contributed by atoms with Gasteiger partial charge in [0.25, 0.3) is 5.91 Å². The van der Waals surface area contributed by atoms with E-state index in [4.69, 9.17) is 20.7 Å². The standard InChI is InChI=1S/C9H11NO2.C7H6O4.Na/c1-2-12-8-6-4-3-5-7(8)9(10)11;8-4-1-2-6(9)5(3-4)7(10)11;/h3-6H,2H2,1H3,(H2,10,11);1-3,8-9H,(H,10,11);/q;;+1/p-1. The van der Waals surface area contributed by atoms with E-state index >= 15 is 0 Å². The molecule has 0 bridgehead atoms. The molecule has 0 heterocycles. The van der Waals surface area contributed by atoms with E-state index in [0.29, 0.717) is 17.9 Å². The molecule has 0 aliphatic carbocycles. The van der Waals surface area contributed by atoms with Gasteiger partial charge in [0.05, 0.1) is 18.1 Å². The minimum Gasteiger partial charge on any atom is -0.545 e. The Labute approximate surface area is 161 Å². The minimum absolute atomic E-state index is 0. The van der Waals surface area contributed by atoms with Crippen molar-refractivity contribution in [3.05, 3.63) is 53.6 Å². The number of aromatic carboxylic acids is 1. The monoisotopic (exact) mass is 341 g/mol. The number of ether oxygens (including phenoxy) is 1. The molecule has 0 aliphatic rings. The number of hydrogen-bond acceptors (Lipinski definition) is 6. The van der Waals surface area contributed by atoms with Crippen LogP contribution in [0.25, 0.3) is 0 Å². The van der Waals surface area contributed by atoms with E-state index in [0.717, 1.165) is 12.1 Å². The van der Waals surface area contributed by atoms with Crippen molar-refractivity contribution >= 4 is 11.9 Å². The number of carbonyl (C=O) groups is 2. The summed E-state index contributed by atoms with van der Waals surface area (Å²) in [6.07, 6.45) is 0. The Kier molecular flexibility index (Phi) is 9.56. The molecule has 8 heteroatoms. The number of aromatic hydroxyl groups is 2. The summed E-state index contributed by atoms with van der Waals surface area (Å²) in [6.45, 7) is 2.39. The van der Waals surface area contributed by atoms with Gasteiger partial charge in [-0.1, -0.05) is 12.1 Å². The minimum atomic E-state index is -1.52. The third-order valence-electron chi connectivity index (χ3n) is 2.65. The molecule has 2 rings (SSSR count). The zero-order valence-electron chi connectivity index (χ0n) is 13.4. The first-order chi connectivity index (χ1) is 10.9. The summed E-state index contributed by atoms with van der Waals surface area (Å²) in [4.78, 5) is 21.0. The molecule has 0 unspecified atom stereocenters. The van der Waals surface area contributed by atoms with E-state index in [1.807, 2.05) is 6.92 Å². The molecule has 0 aliphatic heterocycles. The number of phenolic OH excluding ortho intramolecular Hbond substituents is 1. The molecule has 0 saturated heterocycles. The van der Waals surface area contributed by atoms with Crippen LogP contribution < -0.4 is 45.1 Å². The van der Waals surface area contributed by atoms with Crippen LogP contribution in [0.15, 0.2) is 42.5 Å². The average molecular weight is 341 g/mol. The molecule has 0 fully saturated rings. The molecule has 2 aromatic carbocycles. The van der Waals surface area contributed by atoms with E-state index in [1.54, 1.807) is 24.3 Å². The Hall–Kier alpha value is -2.22. The SMILES string of the molecule is CCOc1ccccc1C(N)=O.O=C([O-])c1cc(O)ccc1O.[Na+]. The molecule has 24 heavy (non-hydrogen) atoms. The molecule has 2 aromatic rings. The smallest absolute Gasteiger partial charge is 0.545 e. The van der Waals surface area contributed by atoms with Gasteiger partial charge in [0.15, 0.2) is 0 Å². The number of carboxylic acid groups (broad SMARTS) is 1. The summed E-state index contributed by atoms with van der Waals surface area (Å²) in [5.41, 5.74) is 5.14. The molecule has 4 N–H and O–H groups in total. The zero-order chi connectivity index (χ0) is 17.4. The normalized spacial score (nSPS) is 9.04. The van der Waals surface area contributed by atoms with Crippen LogP contribution in [0.3, 0.4) is 0 Å². The molecule has 0 saturated carbocycles. The maximum atomic E-state index is 10.8. The first kappa shape index (κ1) is 21.8. The van der Waals surface area contributed by atoms with Gasteiger partial charge in [-0.3, -0.25) is 4.79 Å². The Morgan fingerprint density at radius 3 is 2.25 bits per heavy atom. The van der Waals surface area contributed by atoms with Gasteiger partial charge in [-0.15, -0.1) is 0 Å². The second-order valence-electron chi connectivity index (χ2n) is 4.28. The van der Waals surface area contributed by atoms with Gasteiger partial charge in [0.2, 0.25) is 0 Å². The van der Waals surface area contributed by atoms with E-state index in [1.165, 1.54) is 6.07 Å². The van der Waals surface area contributed by atoms with Crippen molar-refractivity contribution in [3.63, 3.8) is 0 Å². The van der Waals surface area contributed by atoms with Crippen LogP contribution in [0.2, 0.25) is 0 Å². The Bertz CT molecular complexity index is 705. The van der Waals surface area contributed by atoms with Crippen molar-refractivity contribution in [2.24, 2.45) is 5.73 Å². The van der Waals surface area contributed by atoms with E-state index < -0.39 is 23.2 Å². The van der Waals surface area contributed by atoms with Crippen molar-refractivity contribution in [3.8, 4) is 17.2 Å². The summed E-state index contributed by atoms with van der Waals surface area (Å²) in [5, 5.41) is 27.8. The fraction of sp³-hybridized carbons (Fsp3) is 0.125. The third-order valence-corrected chi connectivity index (χ3v) is 2.65. The molecule has 0 spiro atoms. The third kappa shape index (κ3) is 6.49. The van der Waals surface area contributed by atoms with E-state index in [9.17, 15) is 14.7 Å². The molecule has 1 amide bonds. The fourth-order valence-electron chi connectivity index (χ4n) is 1.64. The van der Waals surface area contributed by atoms with Crippen molar-refractivity contribution in [2.75, 3.05) is 6.61 Å². The maximum Gasteiger partial charge on any atom is 1.00 e. The number of para-hydroxylation sites is 1. The second kappa shape index (κ2) is 10.5. The van der Waals surface area contributed by atoms with Crippen LogP contribution >= 0.6 is 0 Å². The van der Waals surface area contributed by atoms with Gasteiger partial charge in [-0.2, -0.15) is 0 Å². The largest absolute Gasteiger partial charge is 1.00 e. The summed E-state index contributed by atoms with van der Waals surface area (Å²) in [7, 11) is 0. The molecule has 122 valence electrons. The molecular weight excluding hydrogens is 325 g/mol. The number of primary amides is 1. The van der Waals surface area contributed by atoms with Gasteiger partial charge < -0.3 is 30.6 Å². The predicted molar refractivity (Wildman–Crippen MR) is 80.2 cm³/mol. The van der Waals surface area contributed by atoms with Gasteiger partial charge >= 0.3 is 29.6 Å². The summed E-state index contributed by atoms with van der Waals surface area (Å²) >= 11 is 0. The first-order valence-electron chi connectivity index (χ1n) is 6.61. The molecule has 0 radical (unpaired) electrons. The van der Waals surface area contributed by atoms with Crippen molar-refractivity contribution in [2.45, 2.75) is 6.92 Å². The number of phenols is 2. The maximum absolute atomic E-state index is 10.8. The Balaban J connectivity index is 0.000000425. The van der Waals surface area contributed by atoms with Crippen LogP contribution in [-0.4, -0.2) is 28.7 Å². The quantitative estimate of drug-likeness (QED) is 0.421. The van der Waals surface area contributed by atoms with Crippen molar-refractivity contribution in [1.82, 2.24) is 0 Å². The number of benzene rings is 2. The van der Waals surface area contributed by atoms with E-state index in [2.05, 4.69) is 0 Å². The Morgan fingerprint density at radius 1 is 1.12 bits per heavy atom. The molecular formula is C16H16NNaO6. The number of rotatable bonds is 4. The number of nitrogens with two attached hydrogens (primary N) is 1. The second-order valence-corrected chi connectivity index (χ2v) is 4.28. The molecule has 0 aromatic heterocycles. The van der Waals surface area contributed by atoms with Crippen LogP contribution in [0.1, 0.15) is 27.6 Å². The summed E-state index contributed by atoms with van der Waals surface area (Å²) < 4.78 is 5.20. The van der Waals surface area contributed by atoms with E-state index in [-0.39, 0.29) is 35.3 Å². The predicted octanol–water partition coefficient (Wildman–Crippen LogP) is -2.35. The molecule has 0 atom stereocenters. The number of hydrogen-bond donors (Lipinski definition) is 3. The number of carboxylic acids is 1. The average Bonchev–Trinajstić information content (AvgIpc) is 2.51. The van der Waals surface area contributed by atoms with Crippen LogP contribution in [0.4, 0.5) is 0 Å².